The number of aromatic nitrogens is 1. The number of ether oxygens (including phenoxy) is 1. The molecule has 3 heterocycles. The van der Waals surface area contributed by atoms with Crippen LogP contribution >= 0.6 is 11.6 Å². The number of fused-ring (bicyclic) bond motifs is 1. The highest BCUT2D eigenvalue weighted by Crippen LogP contribution is 2.29. The molecule has 0 saturated carbocycles. The highest BCUT2D eigenvalue weighted by Gasteiger charge is 2.20. The molecule has 130 valence electrons. The first kappa shape index (κ1) is 16.2. The van der Waals surface area contributed by atoms with Crippen molar-refractivity contribution in [1.82, 2.24) is 9.88 Å². The van der Waals surface area contributed by atoms with E-state index in [9.17, 15) is 4.79 Å². The SMILES string of the molecule is O=C1COc2ccc(CN3CCN(c4ccc(Cl)cn4)CC3)cc2N1. The third kappa shape index (κ3) is 3.70. The van der Waals surface area contributed by atoms with Crippen molar-refractivity contribution in [3.8, 4) is 5.75 Å². The summed E-state index contributed by atoms with van der Waals surface area (Å²) < 4.78 is 5.40. The molecule has 2 aliphatic heterocycles. The molecule has 1 amide bonds. The Morgan fingerprint density at radius 3 is 2.76 bits per heavy atom. The molecule has 6 nitrogen and oxygen atoms in total. The van der Waals surface area contributed by atoms with Gasteiger partial charge in [0.2, 0.25) is 0 Å². The Balaban J connectivity index is 1.36. The van der Waals surface area contributed by atoms with Gasteiger partial charge in [-0.05, 0) is 29.8 Å². The van der Waals surface area contributed by atoms with Crippen LogP contribution in [0.4, 0.5) is 11.5 Å². The standard InChI is InChI=1S/C18H19ClN4O2/c19-14-2-4-17(20-10-14)23-7-5-22(6-8-23)11-13-1-3-16-15(9-13)21-18(24)12-25-16/h1-4,9-10H,5-8,11-12H2,(H,21,24). The third-order valence-electron chi connectivity index (χ3n) is 4.49. The Morgan fingerprint density at radius 2 is 2.00 bits per heavy atom. The van der Waals surface area contributed by atoms with Gasteiger partial charge in [0.25, 0.3) is 5.91 Å². The van der Waals surface area contributed by atoms with Crippen LogP contribution in [0.25, 0.3) is 0 Å². The van der Waals surface area contributed by atoms with Crippen LogP contribution in [0.3, 0.4) is 0 Å². The van der Waals surface area contributed by atoms with Gasteiger partial charge >= 0.3 is 0 Å². The van der Waals surface area contributed by atoms with E-state index in [1.54, 1.807) is 6.20 Å². The van der Waals surface area contributed by atoms with Gasteiger partial charge < -0.3 is 15.0 Å². The summed E-state index contributed by atoms with van der Waals surface area (Å²) in [5.41, 5.74) is 1.93. The lowest BCUT2D eigenvalue weighted by atomic mass is 10.1. The normalized spacial score (nSPS) is 17.6. The molecule has 0 radical (unpaired) electrons. The molecule has 25 heavy (non-hydrogen) atoms. The minimum atomic E-state index is -0.103. The number of piperazine rings is 1. The molecular weight excluding hydrogens is 340 g/mol. The van der Waals surface area contributed by atoms with Crippen LogP contribution < -0.4 is 15.0 Å². The van der Waals surface area contributed by atoms with E-state index < -0.39 is 0 Å². The number of carbonyl (C=O) groups is 1. The Labute approximate surface area is 151 Å². The van der Waals surface area contributed by atoms with Gasteiger partial charge in [-0.2, -0.15) is 0 Å². The van der Waals surface area contributed by atoms with Crippen LogP contribution in [-0.2, 0) is 11.3 Å². The maximum Gasteiger partial charge on any atom is 0.262 e. The number of carbonyl (C=O) groups excluding carboxylic acids is 1. The van der Waals surface area contributed by atoms with Crippen LogP contribution in [0.1, 0.15) is 5.56 Å². The molecule has 1 fully saturated rings. The largest absolute Gasteiger partial charge is 0.482 e. The van der Waals surface area contributed by atoms with Crippen molar-refractivity contribution >= 4 is 29.0 Å². The van der Waals surface area contributed by atoms with Gasteiger partial charge in [0, 0.05) is 38.9 Å². The zero-order chi connectivity index (χ0) is 17.2. The van der Waals surface area contributed by atoms with Gasteiger partial charge in [-0.15, -0.1) is 0 Å². The summed E-state index contributed by atoms with van der Waals surface area (Å²) in [4.78, 5) is 20.5. The van der Waals surface area contributed by atoms with E-state index in [-0.39, 0.29) is 12.5 Å². The maximum atomic E-state index is 11.5. The zero-order valence-corrected chi connectivity index (χ0v) is 14.5. The minimum absolute atomic E-state index is 0.0903. The molecule has 1 saturated heterocycles. The second kappa shape index (κ2) is 6.90. The summed E-state index contributed by atoms with van der Waals surface area (Å²) in [6.07, 6.45) is 1.69. The Bertz CT molecular complexity index is 773. The lowest BCUT2D eigenvalue weighted by Gasteiger charge is -2.35. The summed E-state index contributed by atoms with van der Waals surface area (Å²) in [5, 5.41) is 3.52. The van der Waals surface area contributed by atoms with Crippen LogP contribution in [0, 0.1) is 0 Å². The molecule has 0 bridgehead atoms. The van der Waals surface area contributed by atoms with Gasteiger partial charge in [0.1, 0.15) is 11.6 Å². The molecule has 7 heteroatoms. The molecular formula is C18H19ClN4O2. The highest BCUT2D eigenvalue weighted by atomic mass is 35.5. The smallest absolute Gasteiger partial charge is 0.262 e. The quantitative estimate of drug-likeness (QED) is 0.913. The first-order chi connectivity index (χ1) is 12.2. The number of hydrogen-bond acceptors (Lipinski definition) is 5. The topological polar surface area (TPSA) is 57.7 Å². The first-order valence-electron chi connectivity index (χ1n) is 8.32. The van der Waals surface area contributed by atoms with Crippen LogP contribution in [-0.4, -0.2) is 48.6 Å². The Kier molecular flexibility index (Phi) is 4.46. The molecule has 2 aromatic rings. The number of anilines is 2. The van der Waals surface area contributed by atoms with Crippen LogP contribution in [0.5, 0.6) is 5.75 Å². The van der Waals surface area contributed by atoms with Gasteiger partial charge in [0.05, 0.1) is 10.7 Å². The molecule has 4 rings (SSSR count). The highest BCUT2D eigenvalue weighted by molar-refractivity contribution is 6.30. The van der Waals surface area contributed by atoms with E-state index in [0.717, 1.165) is 50.0 Å². The van der Waals surface area contributed by atoms with Crippen molar-refractivity contribution in [3.63, 3.8) is 0 Å². The summed E-state index contributed by atoms with van der Waals surface area (Å²) in [6, 6.07) is 9.82. The Morgan fingerprint density at radius 1 is 1.16 bits per heavy atom. The first-order valence-corrected chi connectivity index (χ1v) is 8.69. The van der Waals surface area contributed by atoms with E-state index in [4.69, 9.17) is 16.3 Å². The zero-order valence-electron chi connectivity index (χ0n) is 13.7. The minimum Gasteiger partial charge on any atom is -0.482 e. The number of nitrogens with zero attached hydrogens (tertiary/aromatic N) is 3. The number of benzene rings is 1. The number of rotatable bonds is 3. The second-order valence-electron chi connectivity index (χ2n) is 6.27. The van der Waals surface area contributed by atoms with Crippen molar-refractivity contribution in [2.75, 3.05) is 43.0 Å². The van der Waals surface area contributed by atoms with Crippen LogP contribution in [0.15, 0.2) is 36.5 Å². The van der Waals surface area contributed by atoms with Gasteiger partial charge in [-0.25, -0.2) is 4.98 Å². The predicted molar refractivity (Wildman–Crippen MR) is 97.3 cm³/mol. The summed E-state index contributed by atoms with van der Waals surface area (Å²) in [6.45, 7) is 4.73. The molecule has 0 aliphatic carbocycles. The van der Waals surface area contributed by atoms with Gasteiger partial charge in [0.15, 0.2) is 6.61 Å². The number of halogens is 1. The molecule has 1 aromatic heterocycles. The summed E-state index contributed by atoms with van der Waals surface area (Å²) >= 11 is 5.90. The van der Waals surface area contributed by atoms with Crippen molar-refractivity contribution < 1.29 is 9.53 Å². The Hall–Kier alpha value is -2.31. The van der Waals surface area contributed by atoms with Crippen molar-refractivity contribution in [3.05, 3.63) is 47.1 Å². The van der Waals surface area contributed by atoms with Gasteiger partial charge in [-0.1, -0.05) is 17.7 Å². The van der Waals surface area contributed by atoms with Gasteiger partial charge in [-0.3, -0.25) is 9.69 Å². The lowest BCUT2D eigenvalue weighted by Crippen LogP contribution is -2.46. The van der Waals surface area contributed by atoms with E-state index >= 15 is 0 Å². The van der Waals surface area contributed by atoms with Crippen molar-refractivity contribution in [2.24, 2.45) is 0 Å². The predicted octanol–water partition coefficient (Wildman–Crippen LogP) is 2.39. The summed E-state index contributed by atoms with van der Waals surface area (Å²) in [5.74, 6) is 1.61. The fourth-order valence-corrected chi connectivity index (χ4v) is 3.29. The average Bonchev–Trinajstić information content (AvgIpc) is 2.63. The van der Waals surface area contributed by atoms with Crippen LogP contribution in [0.2, 0.25) is 5.02 Å². The number of hydrogen-bond donors (Lipinski definition) is 1. The maximum absolute atomic E-state index is 11.5. The fraction of sp³-hybridized carbons (Fsp3) is 0.333. The monoisotopic (exact) mass is 358 g/mol. The molecule has 0 spiro atoms. The molecule has 2 aliphatic rings. The number of pyridine rings is 1. The molecule has 1 aromatic carbocycles. The third-order valence-corrected chi connectivity index (χ3v) is 4.71. The van der Waals surface area contributed by atoms with E-state index in [0.29, 0.717) is 5.02 Å². The fourth-order valence-electron chi connectivity index (χ4n) is 3.18. The number of amides is 1. The van der Waals surface area contributed by atoms with Crippen molar-refractivity contribution in [1.29, 1.82) is 0 Å². The average molecular weight is 359 g/mol. The van der Waals surface area contributed by atoms with Crippen molar-refractivity contribution in [2.45, 2.75) is 6.54 Å². The van der Waals surface area contributed by atoms with E-state index in [2.05, 4.69) is 26.2 Å². The molecule has 0 atom stereocenters. The van der Waals surface area contributed by atoms with E-state index in [1.807, 2.05) is 24.3 Å². The lowest BCUT2D eigenvalue weighted by molar-refractivity contribution is -0.118. The van der Waals surface area contributed by atoms with E-state index in [1.165, 1.54) is 5.56 Å². The molecule has 0 unspecified atom stereocenters. The second-order valence-corrected chi connectivity index (χ2v) is 6.70. The number of nitrogens with one attached hydrogen (secondary N) is 1. The molecule has 1 N–H and O–H groups in total. The summed E-state index contributed by atoms with van der Waals surface area (Å²) in [7, 11) is 0.